The minimum Gasteiger partial charge on any atom is -0.492 e. The molecule has 31 heavy (non-hydrogen) atoms. The van der Waals surface area contributed by atoms with E-state index >= 15 is 0 Å². The molecule has 1 aromatic carbocycles. The summed E-state index contributed by atoms with van der Waals surface area (Å²) in [6.07, 6.45) is 4.86. The number of carbonyl (C=O) groups excluding carboxylic acids is 1. The second-order valence-corrected chi connectivity index (χ2v) is 11.2. The van der Waals surface area contributed by atoms with Gasteiger partial charge >= 0.3 is 0 Å². The molecule has 2 aliphatic heterocycles. The highest BCUT2D eigenvalue weighted by molar-refractivity contribution is 7.91. The lowest BCUT2D eigenvalue weighted by atomic mass is 10.1. The Kier molecular flexibility index (Phi) is 7.06. The first kappa shape index (κ1) is 22.4. The standard InChI is InChI=1S/C23H35N3O4S/c1-2-30-22-10-6-5-9-21(22)25-14-12-24(13-15-25)17-23(27)26(19-7-3-4-8-19)20-11-16-31(28,29)18-20/h5-6,9-10,19-20H,2-4,7-8,11-18H2,1H3/t20-/m0/s1. The van der Waals surface area contributed by atoms with Gasteiger partial charge in [-0.25, -0.2) is 8.42 Å². The molecule has 0 spiro atoms. The number of piperazine rings is 1. The van der Waals surface area contributed by atoms with Gasteiger partial charge in [-0.1, -0.05) is 25.0 Å². The van der Waals surface area contributed by atoms with Crippen molar-refractivity contribution in [1.29, 1.82) is 0 Å². The highest BCUT2D eigenvalue weighted by Crippen LogP contribution is 2.31. The SMILES string of the molecule is CCOc1ccccc1N1CCN(CC(=O)N(C2CCCC2)[C@H]2CCS(=O)(=O)C2)CC1. The average Bonchev–Trinajstić information content (AvgIpc) is 3.39. The second kappa shape index (κ2) is 9.77. The van der Waals surface area contributed by atoms with Crippen molar-refractivity contribution in [1.82, 2.24) is 9.80 Å². The van der Waals surface area contributed by atoms with Crippen LogP contribution in [-0.2, 0) is 14.6 Å². The van der Waals surface area contributed by atoms with Gasteiger partial charge in [-0.15, -0.1) is 0 Å². The van der Waals surface area contributed by atoms with Crippen LogP contribution in [0.25, 0.3) is 0 Å². The predicted octanol–water partition coefficient (Wildman–Crippen LogP) is 2.17. The topological polar surface area (TPSA) is 70.2 Å². The molecule has 3 aliphatic rings. The minimum absolute atomic E-state index is 0.108. The Hall–Kier alpha value is -1.80. The molecule has 3 fully saturated rings. The van der Waals surface area contributed by atoms with Gasteiger partial charge in [0.05, 0.1) is 30.3 Å². The molecule has 1 aromatic rings. The third-order valence-electron chi connectivity index (χ3n) is 6.84. The lowest BCUT2D eigenvalue weighted by molar-refractivity contribution is -0.137. The number of ether oxygens (including phenoxy) is 1. The number of hydrogen-bond donors (Lipinski definition) is 0. The molecule has 0 bridgehead atoms. The Bertz CT molecular complexity index is 861. The zero-order valence-electron chi connectivity index (χ0n) is 18.5. The van der Waals surface area contributed by atoms with E-state index in [2.05, 4.69) is 15.9 Å². The van der Waals surface area contributed by atoms with Crippen LogP contribution in [0.3, 0.4) is 0 Å². The third kappa shape index (κ3) is 5.34. The number of carbonyl (C=O) groups is 1. The molecule has 172 valence electrons. The lowest BCUT2D eigenvalue weighted by Gasteiger charge is -2.39. The molecule has 1 saturated carbocycles. The number of benzene rings is 1. The molecule has 2 saturated heterocycles. The number of hydrogen-bond acceptors (Lipinski definition) is 6. The van der Waals surface area contributed by atoms with Crippen molar-refractivity contribution in [2.75, 3.05) is 55.7 Å². The molecular weight excluding hydrogens is 414 g/mol. The van der Waals surface area contributed by atoms with Crippen molar-refractivity contribution in [2.24, 2.45) is 0 Å². The average molecular weight is 450 g/mol. The van der Waals surface area contributed by atoms with Crippen LogP contribution < -0.4 is 9.64 Å². The van der Waals surface area contributed by atoms with Crippen LogP contribution in [0, 0.1) is 0 Å². The molecular formula is C23H35N3O4S. The molecule has 8 heteroatoms. The highest BCUT2D eigenvalue weighted by atomic mass is 32.2. The normalized spacial score (nSPS) is 24.4. The molecule has 7 nitrogen and oxygen atoms in total. The van der Waals surface area contributed by atoms with E-state index in [1.165, 1.54) is 0 Å². The summed E-state index contributed by atoms with van der Waals surface area (Å²) in [4.78, 5) is 19.8. The van der Waals surface area contributed by atoms with E-state index in [0.717, 1.165) is 63.3 Å². The summed E-state index contributed by atoms with van der Waals surface area (Å²) in [6.45, 7) is 6.33. The van der Waals surface area contributed by atoms with Gasteiger partial charge in [0.2, 0.25) is 5.91 Å². The van der Waals surface area contributed by atoms with Crippen LogP contribution in [0.2, 0.25) is 0 Å². The summed E-state index contributed by atoms with van der Waals surface area (Å²) in [5, 5.41) is 0. The number of sulfone groups is 1. The fourth-order valence-electron chi connectivity index (χ4n) is 5.30. The summed E-state index contributed by atoms with van der Waals surface area (Å²) in [5.74, 6) is 1.37. The Labute approximate surface area is 186 Å². The second-order valence-electron chi connectivity index (χ2n) is 8.96. The minimum atomic E-state index is -3.01. The fourth-order valence-corrected chi connectivity index (χ4v) is 7.01. The zero-order valence-corrected chi connectivity index (χ0v) is 19.4. The monoisotopic (exact) mass is 449 g/mol. The Morgan fingerprint density at radius 2 is 1.77 bits per heavy atom. The molecule has 0 N–H and O–H groups in total. The molecule has 0 unspecified atom stereocenters. The Balaban J connectivity index is 1.37. The van der Waals surface area contributed by atoms with E-state index in [0.29, 0.717) is 19.6 Å². The van der Waals surface area contributed by atoms with Crippen molar-refractivity contribution in [2.45, 2.75) is 51.1 Å². The summed E-state index contributed by atoms with van der Waals surface area (Å²) in [7, 11) is -3.01. The molecule has 0 aromatic heterocycles. The summed E-state index contributed by atoms with van der Waals surface area (Å²) in [5.41, 5.74) is 1.11. The lowest BCUT2D eigenvalue weighted by Crippen LogP contribution is -2.54. The molecule has 1 aliphatic carbocycles. The summed E-state index contributed by atoms with van der Waals surface area (Å²) < 4.78 is 29.9. The van der Waals surface area contributed by atoms with Crippen molar-refractivity contribution in [3.63, 3.8) is 0 Å². The zero-order chi connectivity index (χ0) is 21.8. The van der Waals surface area contributed by atoms with E-state index in [-0.39, 0.29) is 29.5 Å². The van der Waals surface area contributed by atoms with Crippen LogP contribution in [0.15, 0.2) is 24.3 Å². The van der Waals surface area contributed by atoms with Crippen molar-refractivity contribution in [3.05, 3.63) is 24.3 Å². The molecule has 1 amide bonds. The molecule has 4 rings (SSSR count). The van der Waals surface area contributed by atoms with Gasteiger partial charge in [0.15, 0.2) is 9.84 Å². The smallest absolute Gasteiger partial charge is 0.237 e. The predicted molar refractivity (Wildman–Crippen MR) is 122 cm³/mol. The third-order valence-corrected chi connectivity index (χ3v) is 8.60. The largest absolute Gasteiger partial charge is 0.492 e. The van der Waals surface area contributed by atoms with E-state index in [9.17, 15) is 13.2 Å². The van der Waals surface area contributed by atoms with Gasteiger partial charge in [0, 0.05) is 38.3 Å². The van der Waals surface area contributed by atoms with E-state index in [4.69, 9.17) is 4.74 Å². The van der Waals surface area contributed by atoms with Crippen molar-refractivity contribution in [3.8, 4) is 5.75 Å². The quantitative estimate of drug-likeness (QED) is 0.635. The number of amides is 1. The van der Waals surface area contributed by atoms with Crippen LogP contribution in [-0.4, -0.2) is 87.0 Å². The van der Waals surface area contributed by atoms with Gasteiger partial charge in [-0.05, 0) is 38.3 Å². The molecule has 0 radical (unpaired) electrons. The number of rotatable bonds is 7. The van der Waals surface area contributed by atoms with Crippen LogP contribution >= 0.6 is 0 Å². The van der Waals surface area contributed by atoms with Crippen LogP contribution in [0.5, 0.6) is 5.75 Å². The van der Waals surface area contributed by atoms with Gasteiger partial charge in [-0.2, -0.15) is 0 Å². The summed E-state index contributed by atoms with van der Waals surface area (Å²) >= 11 is 0. The number of anilines is 1. The van der Waals surface area contributed by atoms with Gasteiger partial charge in [0.25, 0.3) is 0 Å². The van der Waals surface area contributed by atoms with Crippen molar-refractivity contribution < 1.29 is 17.9 Å². The van der Waals surface area contributed by atoms with E-state index in [1.807, 2.05) is 30.0 Å². The first-order chi connectivity index (χ1) is 15.0. The molecule has 1 atom stereocenters. The van der Waals surface area contributed by atoms with Crippen LogP contribution in [0.4, 0.5) is 5.69 Å². The van der Waals surface area contributed by atoms with E-state index < -0.39 is 9.84 Å². The maximum Gasteiger partial charge on any atom is 0.237 e. The van der Waals surface area contributed by atoms with Crippen LogP contribution in [0.1, 0.15) is 39.0 Å². The first-order valence-electron chi connectivity index (χ1n) is 11.7. The Morgan fingerprint density at radius 3 is 2.42 bits per heavy atom. The maximum absolute atomic E-state index is 13.3. The molecule has 2 heterocycles. The maximum atomic E-state index is 13.3. The number of para-hydroxylation sites is 2. The van der Waals surface area contributed by atoms with E-state index in [1.54, 1.807) is 0 Å². The first-order valence-corrected chi connectivity index (χ1v) is 13.5. The fraction of sp³-hybridized carbons (Fsp3) is 0.696. The van der Waals surface area contributed by atoms with Gasteiger partial charge in [0.1, 0.15) is 5.75 Å². The van der Waals surface area contributed by atoms with Gasteiger partial charge in [-0.3, -0.25) is 9.69 Å². The van der Waals surface area contributed by atoms with Gasteiger partial charge < -0.3 is 14.5 Å². The highest BCUT2D eigenvalue weighted by Gasteiger charge is 2.39. The Morgan fingerprint density at radius 1 is 1.06 bits per heavy atom. The summed E-state index contributed by atoms with van der Waals surface area (Å²) in [6, 6.07) is 8.19. The number of nitrogens with zero attached hydrogens (tertiary/aromatic N) is 3. The van der Waals surface area contributed by atoms with Crippen molar-refractivity contribution >= 4 is 21.4 Å².